The van der Waals surface area contributed by atoms with E-state index in [2.05, 4.69) is 33.6 Å². The van der Waals surface area contributed by atoms with Crippen LogP contribution in [0.2, 0.25) is 0 Å². The van der Waals surface area contributed by atoms with E-state index in [4.69, 9.17) is 17.2 Å². The van der Waals surface area contributed by atoms with Gasteiger partial charge < -0.3 is 38.3 Å². The molecule has 1 aromatic carbocycles. The van der Waals surface area contributed by atoms with Crippen LogP contribution in [0.4, 0.5) is 0 Å². The van der Waals surface area contributed by atoms with Gasteiger partial charge in [-0.15, -0.1) is 0 Å². The van der Waals surface area contributed by atoms with Gasteiger partial charge in [-0.1, -0.05) is 44.2 Å². The van der Waals surface area contributed by atoms with Gasteiger partial charge in [-0.3, -0.25) is 19.4 Å². The lowest BCUT2D eigenvalue weighted by Gasteiger charge is -2.26. The zero-order valence-electron chi connectivity index (χ0n) is 20.5. The predicted octanol–water partition coefficient (Wildman–Crippen LogP) is -1.27. The number of nitrogens with one attached hydrogen (secondary N) is 3. The van der Waals surface area contributed by atoms with Gasteiger partial charge in [0.05, 0.1) is 6.04 Å². The lowest BCUT2D eigenvalue weighted by molar-refractivity contribution is -0.143. The van der Waals surface area contributed by atoms with Crippen molar-refractivity contribution in [2.45, 2.75) is 57.3 Å². The molecule has 0 heterocycles. The summed E-state index contributed by atoms with van der Waals surface area (Å²) in [5.74, 6) is -3.50. The Morgan fingerprint density at radius 3 is 2.08 bits per heavy atom. The molecule has 1 aromatic rings. The van der Waals surface area contributed by atoms with Crippen LogP contribution in [-0.2, 0) is 25.6 Å². The number of hydrogen-bond donors (Lipinski definition) is 8. The molecule has 4 unspecified atom stereocenters. The van der Waals surface area contributed by atoms with E-state index in [1.807, 2.05) is 6.07 Å². The van der Waals surface area contributed by atoms with Crippen LogP contribution in [0.25, 0.3) is 0 Å². The Morgan fingerprint density at radius 2 is 1.56 bits per heavy atom. The molecule has 0 aliphatic heterocycles. The molecule has 4 atom stereocenters. The molecule has 3 amide bonds. The molecule has 0 aliphatic rings. The number of carboxylic acid groups (broad SMARTS) is 1. The van der Waals surface area contributed by atoms with E-state index in [-0.39, 0.29) is 31.1 Å². The number of nitrogens with two attached hydrogens (primary N) is 3. The maximum Gasteiger partial charge on any atom is 0.326 e. The Morgan fingerprint density at radius 1 is 0.972 bits per heavy atom. The molecule has 0 spiro atoms. The molecule has 0 aliphatic carbocycles. The number of aliphatic carboxylic acids is 1. The highest BCUT2D eigenvalue weighted by atomic mass is 32.1. The molecule has 10 N–H and O–H groups in total. The minimum atomic E-state index is -1.20. The van der Waals surface area contributed by atoms with Crippen molar-refractivity contribution in [2.75, 3.05) is 12.3 Å². The van der Waals surface area contributed by atoms with Gasteiger partial charge in [0.25, 0.3) is 0 Å². The molecule has 12 nitrogen and oxygen atoms in total. The Hall–Kier alpha value is -3.32. The third-order valence-electron chi connectivity index (χ3n) is 5.26. The first-order valence-corrected chi connectivity index (χ1v) is 12.2. The second-order valence-corrected chi connectivity index (χ2v) is 8.98. The van der Waals surface area contributed by atoms with Crippen molar-refractivity contribution in [2.24, 2.45) is 28.1 Å². The topological polar surface area (TPSA) is 215 Å². The minimum absolute atomic E-state index is 0.0765. The van der Waals surface area contributed by atoms with Crippen molar-refractivity contribution >= 4 is 42.3 Å². The molecule has 13 heteroatoms. The molecule has 0 saturated carbocycles. The maximum atomic E-state index is 13.3. The molecule has 0 fully saturated rings. The quantitative estimate of drug-likeness (QED) is 0.0599. The molecule has 200 valence electrons. The number of thiol groups is 1. The van der Waals surface area contributed by atoms with Crippen LogP contribution in [0, 0.1) is 5.92 Å². The second-order valence-electron chi connectivity index (χ2n) is 8.62. The summed E-state index contributed by atoms with van der Waals surface area (Å²) in [5, 5.41) is 17.2. The van der Waals surface area contributed by atoms with Gasteiger partial charge in [-0.25, -0.2) is 4.79 Å². The van der Waals surface area contributed by atoms with E-state index in [0.717, 1.165) is 5.56 Å². The molecule has 0 bridgehead atoms. The number of carboxylic acids is 1. The average Bonchev–Trinajstić information content (AvgIpc) is 2.83. The highest BCUT2D eigenvalue weighted by molar-refractivity contribution is 7.80. The summed E-state index contributed by atoms with van der Waals surface area (Å²) in [7, 11) is 0. The fraction of sp³-hybridized carbons (Fsp3) is 0.522. The molecule has 0 radical (unpaired) electrons. The number of hydrogen-bond acceptors (Lipinski definition) is 7. The van der Waals surface area contributed by atoms with Gasteiger partial charge in [0, 0.05) is 18.7 Å². The van der Waals surface area contributed by atoms with Crippen molar-refractivity contribution in [3.05, 3.63) is 35.9 Å². The number of benzene rings is 1. The van der Waals surface area contributed by atoms with Crippen LogP contribution >= 0.6 is 12.6 Å². The Balaban J connectivity index is 3.12. The lowest BCUT2D eigenvalue weighted by atomic mass is 10.0. The van der Waals surface area contributed by atoms with Crippen molar-refractivity contribution in [1.82, 2.24) is 16.0 Å². The number of carbonyl (C=O) groups excluding carboxylic acids is 3. The van der Waals surface area contributed by atoms with E-state index in [0.29, 0.717) is 6.42 Å². The smallest absolute Gasteiger partial charge is 0.326 e. The monoisotopic (exact) mass is 523 g/mol. The molecule has 36 heavy (non-hydrogen) atoms. The standard InChI is InChI=1S/C23H37N7O5S/c1-13(2)18(22(34)35)30-20(32)16(9-6-10-27-23(25)26)28-21(33)17(29-19(31)15(24)12-36)11-14-7-4-3-5-8-14/h3-5,7-8,13,15-18,36H,6,9-12,24H2,1-2H3,(H,28,33)(H,29,31)(H,30,32)(H,34,35)(H4,25,26,27). The fourth-order valence-electron chi connectivity index (χ4n) is 3.23. The van der Waals surface area contributed by atoms with Crippen molar-refractivity contribution in [1.29, 1.82) is 0 Å². The average molecular weight is 524 g/mol. The van der Waals surface area contributed by atoms with Crippen LogP contribution in [0.5, 0.6) is 0 Å². The largest absolute Gasteiger partial charge is 0.480 e. The van der Waals surface area contributed by atoms with Crippen LogP contribution < -0.4 is 33.2 Å². The SMILES string of the molecule is CC(C)C(NC(=O)C(CCCN=C(N)N)NC(=O)C(Cc1ccccc1)NC(=O)C(N)CS)C(=O)O. The predicted molar refractivity (Wildman–Crippen MR) is 140 cm³/mol. The first-order valence-electron chi connectivity index (χ1n) is 11.6. The molecular weight excluding hydrogens is 486 g/mol. The Bertz CT molecular complexity index is 909. The number of aliphatic imine (C=N–C) groups is 1. The number of rotatable bonds is 15. The van der Waals surface area contributed by atoms with E-state index in [1.54, 1.807) is 38.1 Å². The van der Waals surface area contributed by atoms with Crippen molar-refractivity contribution in [3.63, 3.8) is 0 Å². The summed E-state index contributed by atoms with van der Waals surface area (Å²) in [5.41, 5.74) is 17.2. The fourth-order valence-corrected chi connectivity index (χ4v) is 3.40. The van der Waals surface area contributed by atoms with Crippen LogP contribution in [0.15, 0.2) is 35.3 Å². The van der Waals surface area contributed by atoms with Gasteiger partial charge in [0.15, 0.2) is 5.96 Å². The third kappa shape index (κ3) is 11.0. The summed E-state index contributed by atoms with van der Waals surface area (Å²) in [6.45, 7) is 3.51. The first kappa shape index (κ1) is 30.7. The first-order chi connectivity index (χ1) is 17.0. The van der Waals surface area contributed by atoms with Gasteiger partial charge in [-0.2, -0.15) is 12.6 Å². The second kappa shape index (κ2) is 15.6. The Kier molecular flexibility index (Phi) is 13.3. The summed E-state index contributed by atoms with van der Waals surface area (Å²) in [4.78, 5) is 54.1. The summed E-state index contributed by atoms with van der Waals surface area (Å²) < 4.78 is 0. The van der Waals surface area contributed by atoms with Gasteiger partial charge in [0.2, 0.25) is 17.7 Å². The summed E-state index contributed by atoms with van der Waals surface area (Å²) in [6, 6.07) is 4.78. The highest BCUT2D eigenvalue weighted by Crippen LogP contribution is 2.08. The summed E-state index contributed by atoms with van der Waals surface area (Å²) >= 11 is 4.02. The number of guanidine groups is 1. The summed E-state index contributed by atoms with van der Waals surface area (Å²) in [6.07, 6.45) is 0.598. The third-order valence-corrected chi connectivity index (χ3v) is 5.65. The van der Waals surface area contributed by atoms with E-state index < -0.39 is 53.8 Å². The van der Waals surface area contributed by atoms with Crippen LogP contribution in [-0.4, -0.2) is 71.2 Å². The molecule has 1 rings (SSSR count). The normalized spacial score (nSPS) is 14.1. The maximum absolute atomic E-state index is 13.3. The number of nitrogens with zero attached hydrogens (tertiary/aromatic N) is 1. The molecule has 0 aromatic heterocycles. The van der Waals surface area contributed by atoms with E-state index in [1.165, 1.54) is 0 Å². The van der Waals surface area contributed by atoms with Crippen molar-refractivity contribution in [3.8, 4) is 0 Å². The zero-order valence-corrected chi connectivity index (χ0v) is 21.4. The van der Waals surface area contributed by atoms with Gasteiger partial charge >= 0.3 is 5.97 Å². The van der Waals surface area contributed by atoms with Crippen molar-refractivity contribution < 1.29 is 24.3 Å². The molecular formula is C23H37N7O5S. The van der Waals surface area contributed by atoms with Gasteiger partial charge in [0.1, 0.15) is 18.1 Å². The van der Waals surface area contributed by atoms with E-state index >= 15 is 0 Å². The Labute approximate surface area is 216 Å². The van der Waals surface area contributed by atoms with E-state index in [9.17, 15) is 24.3 Å². The highest BCUT2D eigenvalue weighted by Gasteiger charge is 2.31. The lowest BCUT2D eigenvalue weighted by Crippen LogP contribution is -2.58. The van der Waals surface area contributed by atoms with Crippen LogP contribution in [0.3, 0.4) is 0 Å². The number of carbonyl (C=O) groups is 4. The molecule has 0 saturated heterocycles. The zero-order chi connectivity index (χ0) is 27.3. The minimum Gasteiger partial charge on any atom is -0.480 e. The van der Waals surface area contributed by atoms with Crippen LogP contribution in [0.1, 0.15) is 32.3 Å². The van der Waals surface area contributed by atoms with Gasteiger partial charge in [-0.05, 0) is 24.3 Å². The number of amides is 3.